The van der Waals surface area contributed by atoms with E-state index in [1.165, 1.54) is 23.1 Å². The molecule has 0 fully saturated rings. The van der Waals surface area contributed by atoms with Crippen LogP contribution in [0.25, 0.3) is 0 Å². The Hall–Kier alpha value is -2.32. The average Bonchev–Trinajstić information content (AvgIpc) is 2.77. The number of urea groups is 1. The van der Waals surface area contributed by atoms with Crippen LogP contribution in [0.5, 0.6) is 0 Å². The van der Waals surface area contributed by atoms with Crippen molar-refractivity contribution < 1.29 is 14.7 Å². The van der Waals surface area contributed by atoms with Gasteiger partial charge in [-0.15, -0.1) is 0 Å². The minimum atomic E-state index is -1.27. The molecule has 3 N–H and O–H groups in total. The van der Waals surface area contributed by atoms with Crippen LogP contribution in [0.4, 0.5) is 16.4 Å². The Labute approximate surface area is 128 Å². The quantitative estimate of drug-likeness (QED) is 0.801. The normalized spacial score (nSPS) is 10.2. The summed E-state index contributed by atoms with van der Waals surface area (Å²) in [6.07, 6.45) is 1.26. The molecule has 0 aliphatic heterocycles. The van der Waals surface area contributed by atoms with E-state index in [0.717, 1.165) is 0 Å². The van der Waals surface area contributed by atoms with Gasteiger partial charge in [0.05, 0.1) is 16.3 Å². The number of carbonyl (C=O) groups is 2. The van der Waals surface area contributed by atoms with Gasteiger partial charge in [-0.1, -0.05) is 23.2 Å². The lowest BCUT2D eigenvalue weighted by atomic mass is 10.2. The lowest BCUT2D eigenvalue weighted by molar-refractivity contribution is 0.0698. The van der Waals surface area contributed by atoms with Crippen molar-refractivity contribution in [2.75, 3.05) is 10.6 Å². The molecule has 0 unspecified atom stereocenters. The van der Waals surface area contributed by atoms with Crippen LogP contribution in [0.3, 0.4) is 0 Å². The van der Waals surface area contributed by atoms with Crippen LogP contribution in [-0.4, -0.2) is 31.9 Å². The summed E-state index contributed by atoms with van der Waals surface area (Å²) in [7, 11) is 1.58. The third kappa shape index (κ3) is 3.41. The maximum absolute atomic E-state index is 11.9. The standard InChI is InChI=1S/C11H9Cl2N5O3/c1-18-10(14-4-15-18)17-11(21)16-8-6(9(19)20)2-5(12)3-7(8)13/h2-4H,1H3,(H,19,20)(H2,14,15,16,17,21). The molecule has 0 aliphatic carbocycles. The van der Waals surface area contributed by atoms with Crippen molar-refractivity contribution >= 4 is 46.8 Å². The van der Waals surface area contributed by atoms with Gasteiger partial charge in [-0.3, -0.25) is 5.32 Å². The molecule has 110 valence electrons. The van der Waals surface area contributed by atoms with Crippen LogP contribution in [0.15, 0.2) is 18.5 Å². The van der Waals surface area contributed by atoms with Gasteiger partial charge in [0, 0.05) is 12.1 Å². The van der Waals surface area contributed by atoms with Crippen molar-refractivity contribution in [3.05, 3.63) is 34.1 Å². The van der Waals surface area contributed by atoms with Crippen molar-refractivity contribution in [1.82, 2.24) is 14.8 Å². The van der Waals surface area contributed by atoms with Crippen LogP contribution in [0.1, 0.15) is 10.4 Å². The zero-order valence-electron chi connectivity index (χ0n) is 10.6. The number of carbonyl (C=O) groups excluding carboxylic acids is 1. The molecule has 21 heavy (non-hydrogen) atoms. The Morgan fingerprint density at radius 2 is 2.00 bits per heavy atom. The summed E-state index contributed by atoms with van der Waals surface area (Å²) in [6.45, 7) is 0. The minimum absolute atomic E-state index is 0.00742. The van der Waals surface area contributed by atoms with Gasteiger partial charge < -0.3 is 10.4 Å². The molecule has 1 aromatic carbocycles. The van der Waals surface area contributed by atoms with Crippen LogP contribution < -0.4 is 10.6 Å². The zero-order valence-corrected chi connectivity index (χ0v) is 12.1. The molecule has 0 saturated carbocycles. The first-order valence-corrected chi connectivity index (χ1v) is 6.28. The number of carboxylic acids is 1. The highest BCUT2D eigenvalue weighted by Gasteiger charge is 2.18. The Morgan fingerprint density at radius 3 is 2.57 bits per heavy atom. The second-order valence-electron chi connectivity index (χ2n) is 3.90. The highest BCUT2D eigenvalue weighted by molar-refractivity contribution is 6.37. The Bertz CT molecular complexity index is 716. The van der Waals surface area contributed by atoms with Gasteiger partial charge in [-0.2, -0.15) is 10.1 Å². The fourth-order valence-corrected chi connectivity index (χ4v) is 2.07. The van der Waals surface area contributed by atoms with E-state index in [-0.39, 0.29) is 27.2 Å². The monoisotopic (exact) mass is 329 g/mol. The van der Waals surface area contributed by atoms with E-state index in [4.69, 9.17) is 28.3 Å². The van der Waals surface area contributed by atoms with Crippen molar-refractivity contribution in [3.8, 4) is 0 Å². The van der Waals surface area contributed by atoms with Crippen molar-refractivity contribution in [2.45, 2.75) is 0 Å². The van der Waals surface area contributed by atoms with Crippen LogP contribution in [0.2, 0.25) is 10.0 Å². The number of rotatable bonds is 3. The molecule has 2 aromatic rings. The number of hydrogen-bond acceptors (Lipinski definition) is 4. The first-order chi connectivity index (χ1) is 9.88. The van der Waals surface area contributed by atoms with Gasteiger partial charge in [0.15, 0.2) is 0 Å². The number of nitrogens with zero attached hydrogens (tertiary/aromatic N) is 3. The molecule has 0 aliphatic rings. The van der Waals surface area contributed by atoms with E-state index in [1.54, 1.807) is 7.05 Å². The number of hydrogen-bond donors (Lipinski definition) is 3. The number of nitrogens with one attached hydrogen (secondary N) is 2. The Morgan fingerprint density at radius 1 is 1.29 bits per heavy atom. The SMILES string of the molecule is Cn1ncnc1NC(=O)Nc1c(Cl)cc(Cl)cc1C(=O)O. The molecule has 1 aromatic heterocycles. The molecular formula is C11H9Cl2N5O3. The van der Waals surface area contributed by atoms with Crippen molar-refractivity contribution in [2.24, 2.45) is 7.05 Å². The zero-order chi connectivity index (χ0) is 15.6. The number of anilines is 2. The fourth-order valence-electron chi connectivity index (χ4n) is 1.53. The van der Waals surface area contributed by atoms with Gasteiger partial charge in [0.25, 0.3) is 0 Å². The summed E-state index contributed by atoms with van der Waals surface area (Å²) in [5.74, 6) is -1.08. The number of amides is 2. The summed E-state index contributed by atoms with van der Waals surface area (Å²) in [5.41, 5.74) is -0.283. The first kappa shape index (κ1) is 15.1. The molecule has 0 spiro atoms. The molecule has 2 rings (SSSR count). The highest BCUT2D eigenvalue weighted by Crippen LogP contribution is 2.30. The smallest absolute Gasteiger partial charge is 0.337 e. The summed E-state index contributed by atoms with van der Waals surface area (Å²) in [4.78, 5) is 26.8. The summed E-state index contributed by atoms with van der Waals surface area (Å²) in [5, 5.41) is 17.8. The number of aryl methyl sites for hydroxylation is 1. The van der Waals surface area contributed by atoms with E-state index in [2.05, 4.69) is 20.7 Å². The molecule has 2 amide bonds. The van der Waals surface area contributed by atoms with Crippen molar-refractivity contribution in [1.29, 1.82) is 0 Å². The van der Waals surface area contributed by atoms with Crippen molar-refractivity contribution in [3.63, 3.8) is 0 Å². The number of halogens is 2. The predicted molar refractivity (Wildman–Crippen MR) is 77.1 cm³/mol. The maximum atomic E-state index is 11.9. The molecule has 0 saturated heterocycles. The molecule has 0 bridgehead atoms. The Kier molecular flexibility index (Phi) is 4.29. The van der Waals surface area contributed by atoms with Crippen LogP contribution in [-0.2, 0) is 7.05 Å². The second-order valence-corrected chi connectivity index (χ2v) is 4.75. The van der Waals surface area contributed by atoms with Crippen LogP contribution in [0, 0.1) is 0 Å². The topological polar surface area (TPSA) is 109 Å². The van der Waals surface area contributed by atoms with E-state index in [9.17, 15) is 9.59 Å². The number of benzene rings is 1. The molecule has 8 nitrogen and oxygen atoms in total. The molecule has 0 atom stereocenters. The number of aromatic nitrogens is 3. The fraction of sp³-hybridized carbons (Fsp3) is 0.0909. The van der Waals surface area contributed by atoms with Gasteiger partial charge in [0.1, 0.15) is 6.33 Å². The minimum Gasteiger partial charge on any atom is -0.478 e. The third-order valence-corrected chi connectivity index (χ3v) is 2.98. The van der Waals surface area contributed by atoms with Gasteiger partial charge in [-0.05, 0) is 12.1 Å². The summed E-state index contributed by atoms with van der Waals surface area (Å²) >= 11 is 11.7. The molecule has 10 heteroatoms. The van der Waals surface area contributed by atoms with E-state index in [0.29, 0.717) is 0 Å². The molecule has 1 heterocycles. The lowest BCUT2D eigenvalue weighted by Crippen LogP contribution is -2.23. The Balaban J connectivity index is 2.25. The third-order valence-electron chi connectivity index (χ3n) is 2.46. The first-order valence-electron chi connectivity index (χ1n) is 5.53. The lowest BCUT2D eigenvalue weighted by Gasteiger charge is -2.11. The predicted octanol–water partition coefficient (Wildman–Crippen LogP) is 2.46. The van der Waals surface area contributed by atoms with E-state index in [1.807, 2.05) is 0 Å². The second kappa shape index (κ2) is 5.98. The largest absolute Gasteiger partial charge is 0.478 e. The average molecular weight is 330 g/mol. The van der Waals surface area contributed by atoms with E-state index >= 15 is 0 Å². The van der Waals surface area contributed by atoms with E-state index < -0.39 is 12.0 Å². The summed E-state index contributed by atoms with van der Waals surface area (Å²) < 4.78 is 1.33. The van der Waals surface area contributed by atoms with Gasteiger partial charge >= 0.3 is 12.0 Å². The number of carboxylic acid groups (broad SMARTS) is 1. The molecular weight excluding hydrogens is 321 g/mol. The van der Waals surface area contributed by atoms with Gasteiger partial charge in [-0.25, -0.2) is 14.3 Å². The van der Waals surface area contributed by atoms with Crippen LogP contribution >= 0.6 is 23.2 Å². The van der Waals surface area contributed by atoms with Gasteiger partial charge in [0.2, 0.25) is 5.95 Å². The summed E-state index contributed by atoms with van der Waals surface area (Å²) in [6, 6.07) is 1.80. The highest BCUT2D eigenvalue weighted by atomic mass is 35.5. The number of aromatic carboxylic acids is 1. The maximum Gasteiger partial charge on any atom is 0.337 e. The molecule has 0 radical (unpaired) electrons.